The summed E-state index contributed by atoms with van der Waals surface area (Å²) in [5.41, 5.74) is 3.61. The van der Waals surface area contributed by atoms with Gasteiger partial charge in [0.05, 0.1) is 18.5 Å². The molecule has 0 aliphatic rings. The molecule has 21 heavy (non-hydrogen) atoms. The quantitative estimate of drug-likeness (QED) is 0.742. The number of aryl methyl sites for hydroxylation is 2. The molecule has 2 aromatic rings. The van der Waals surface area contributed by atoms with Gasteiger partial charge in [-0.05, 0) is 55.6 Å². The van der Waals surface area contributed by atoms with E-state index in [-0.39, 0.29) is 0 Å². The lowest BCUT2D eigenvalue weighted by Gasteiger charge is -2.06. The highest BCUT2D eigenvalue weighted by molar-refractivity contribution is 9.10. The first-order chi connectivity index (χ1) is 10.2. The standard InChI is InChI=1S/C16H22BrN3O/c1-13-10-15(17)5-6-16(13)20-12-14(11-19-20)4-3-7-18-8-9-21-2/h5-6,10-12,18H,3-4,7-9H2,1-2H3. The van der Waals surface area contributed by atoms with E-state index in [4.69, 9.17) is 4.74 Å². The van der Waals surface area contributed by atoms with Crippen molar-refractivity contribution in [3.8, 4) is 5.69 Å². The van der Waals surface area contributed by atoms with E-state index in [1.54, 1.807) is 7.11 Å². The van der Waals surface area contributed by atoms with Crippen LogP contribution in [0.3, 0.4) is 0 Å². The van der Waals surface area contributed by atoms with Crippen LogP contribution in [-0.2, 0) is 11.2 Å². The highest BCUT2D eigenvalue weighted by atomic mass is 79.9. The smallest absolute Gasteiger partial charge is 0.0675 e. The number of benzene rings is 1. The van der Waals surface area contributed by atoms with Gasteiger partial charge in [0.15, 0.2) is 0 Å². The number of nitrogens with one attached hydrogen (secondary N) is 1. The summed E-state index contributed by atoms with van der Waals surface area (Å²) in [5, 5.41) is 7.82. The third-order valence-electron chi connectivity index (χ3n) is 3.34. The Balaban J connectivity index is 1.86. The minimum absolute atomic E-state index is 0.765. The topological polar surface area (TPSA) is 39.1 Å². The SMILES string of the molecule is COCCNCCCc1cnn(-c2ccc(Br)cc2C)c1. The molecule has 1 aromatic heterocycles. The molecule has 0 atom stereocenters. The number of hydrogen-bond acceptors (Lipinski definition) is 3. The van der Waals surface area contributed by atoms with Crippen LogP contribution in [0.4, 0.5) is 0 Å². The summed E-state index contributed by atoms with van der Waals surface area (Å²) in [6, 6.07) is 6.24. The Morgan fingerprint density at radius 1 is 1.33 bits per heavy atom. The van der Waals surface area contributed by atoms with Crippen molar-refractivity contribution in [1.29, 1.82) is 0 Å². The van der Waals surface area contributed by atoms with Gasteiger partial charge in [0, 0.05) is 24.3 Å². The van der Waals surface area contributed by atoms with Crippen molar-refractivity contribution in [1.82, 2.24) is 15.1 Å². The van der Waals surface area contributed by atoms with Crippen LogP contribution >= 0.6 is 15.9 Å². The number of methoxy groups -OCH3 is 1. The van der Waals surface area contributed by atoms with E-state index in [1.807, 2.05) is 16.9 Å². The maximum Gasteiger partial charge on any atom is 0.0675 e. The molecule has 0 aliphatic carbocycles. The highest BCUT2D eigenvalue weighted by Gasteiger charge is 2.04. The van der Waals surface area contributed by atoms with Crippen LogP contribution < -0.4 is 5.32 Å². The Hall–Kier alpha value is -1.17. The number of rotatable bonds is 8. The van der Waals surface area contributed by atoms with E-state index < -0.39 is 0 Å². The summed E-state index contributed by atoms with van der Waals surface area (Å²) in [5.74, 6) is 0. The molecule has 1 heterocycles. The number of nitrogens with zero attached hydrogens (tertiary/aromatic N) is 2. The maximum atomic E-state index is 5.00. The molecule has 0 amide bonds. The molecule has 0 saturated carbocycles. The minimum Gasteiger partial charge on any atom is -0.383 e. The molecule has 114 valence electrons. The molecule has 1 N–H and O–H groups in total. The first-order valence-corrected chi connectivity index (χ1v) is 7.99. The Bertz CT molecular complexity index is 568. The summed E-state index contributed by atoms with van der Waals surface area (Å²) in [6.07, 6.45) is 6.21. The van der Waals surface area contributed by atoms with Crippen LogP contribution in [0.15, 0.2) is 35.1 Å². The zero-order valence-electron chi connectivity index (χ0n) is 12.6. The van der Waals surface area contributed by atoms with E-state index in [9.17, 15) is 0 Å². The third kappa shape index (κ3) is 4.95. The number of halogens is 1. The van der Waals surface area contributed by atoms with Gasteiger partial charge in [-0.15, -0.1) is 0 Å². The third-order valence-corrected chi connectivity index (χ3v) is 3.84. The van der Waals surface area contributed by atoms with E-state index >= 15 is 0 Å². The number of ether oxygens (including phenoxy) is 1. The Labute approximate surface area is 134 Å². The van der Waals surface area contributed by atoms with E-state index in [0.29, 0.717) is 0 Å². The molecule has 0 spiro atoms. The van der Waals surface area contributed by atoms with Gasteiger partial charge < -0.3 is 10.1 Å². The lowest BCUT2D eigenvalue weighted by atomic mass is 10.2. The molecule has 0 bridgehead atoms. The fraction of sp³-hybridized carbons (Fsp3) is 0.438. The molecule has 2 rings (SSSR count). The van der Waals surface area contributed by atoms with Crippen LogP contribution in [-0.4, -0.2) is 36.6 Å². The first kappa shape index (κ1) is 16.2. The van der Waals surface area contributed by atoms with Crippen LogP contribution in [0.5, 0.6) is 0 Å². The average molecular weight is 352 g/mol. The molecular weight excluding hydrogens is 330 g/mol. The van der Waals surface area contributed by atoms with Crippen LogP contribution in [0, 0.1) is 6.92 Å². The zero-order chi connectivity index (χ0) is 15.1. The maximum absolute atomic E-state index is 5.00. The lowest BCUT2D eigenvalue weighted by molar-refractivity contribution is 0.199. The van der Waals surface area contributed by atoms with Crippen molar-refractivity contribution in [3.63, 3.8) is 0 Å². The van der Waals surface area contributed by atoms with Crippen molar-refractivity contribution in [2.45, 2.75) is 19.8 Å². The normalized spacial score (nSPS) is 11.0. The summed E-state index contributed by atoms with van der Waals surface area (Å²) in [6.45, 7) is 4.78. The lowest BCUT2D eigenvalue weighted by Crippen LogP contribution is -2.20. The van der Waals surface area contributed by atoms with Gasteiger partial charge in [-0.3, -0.25) is 0 Å². The van der Waals surface area contributed by atoms with Crippen molar-refractivity contribution in [2.24, 2.45) is 0 Å². The Kier molecular flexibility index (Phi) is 6.42. The van der Waals surface area contributed by atoms with E-state index in [0.717, 1.165) is 42.7 Å². The van der Waals surface area contributed by atoms with Gasteiger partial charge >= 0.3 is 0 Å². The van der Waals surface area contributed by atoms with Crippen molar-refractivity contribution >= 4 is 15.9 Å². The van der Waals surface area contributed by atoms with Crippen LogP contribution in [0.25, 0.3) is 5.69 Å². The minimum atomic E-state index is 0.765. The molecule has 1 aromatic carbocycles. The Morgan fingerprint density at radius 2 is 2.19 bits per heavy atom. The van der Waals surface area contributed by atoms with Crippen molar-refractivity contribution in [2.75, 3.05) is 26.8 Å². The second-order valence-electron chi connectivity index (χ2n) is 5.07. The molecule has 0 radical (unpaired) electrons. The molecule has 4 nitrogen and oxygen atoms in total. The predicted molar refractivity (Wildman–Crippen MR) is 89.1 cm³/mol. The summed E-state index contributed by atoms with van der Waals surface area (Å²) >= 11 is 3.49. The largest absolute Gasteiger partial charge is 0.383 e. The van der Waals surface area contributed by atoms with Crippen LogP contribution in [0.2, 0.25) is 0 Å². The summed E-state index contributed by atoms with van der Waals surface area (Å²) in [4.78, 5) is 0. The fourth-order valence-electron chi connectivity index (χ4n) is 2.21. The fourth-order valence-corrected chi connectivity index (χ4v) is 2.69. The highest BCUT2D eigenvalue weighted by Crippen LogP contribution is 2.19. The molecule has 0 aliphatic heterocycles. The van der Waals surface area contributed by atoms with Gasteiger partial charge in [0.2, 0.25) is 0 Å². The number of hydrogen-bond donors (Lipinski definition) is 1. The Morgan fingerprint density at radius 3 is 2.95 bits per heavy atom. The molecule has 5 heteroatoms. The van der Waals surface area contributed by atoms with Gasteiger partial charge in [0.25, 0.3) is 0 Å². The molecule has 0 fully saturated rings. The van der Waals surface area contributed by atoms with Gasteiger partial charge in [-0.2, -0.15) is 5.10 Å². The van der Waals surface area contributed by atoms with Crippen LogP contribution in [0.1, 0.15) is 17.5 Å². The molecule has 0 saturated heterocycles. The van der Waals surface area contributed by atoms with E-state index in [2.05, 4.69) is 51.6 Å². The predicted octanol–water partition coefficient (Wildman–Crippen LogP) is 3.11. The van der Waals surface area contributed by atoms with Gasteiger partial charge in [-0.25, -0.2) is 4.68 Å². The van der Waals surface area contributed by atoms with E-state index in [1.165, 1.54) is 11.1 Å². The first-order valence-electron chi connectivity index (χ1n) is 7.20. The zero-order valence-corrected chi connectivity index (χ0v) is 14.2. The second kappa shape index (κ2) is 8.32. The summed E-state index contributed by atoms with van der Waals surface area (Å²) in [7, 11) is 1.72. The van der Waals surface area contributed by atoms with Crippen molar-refractivity contribution < 1.29 is 4.74 Å². The number of aromatic nitrogens is 2. The monoisotopic (exact) mass is 351 g/mol. The van der Waals surface area contributed by atoms with Crippen molar-refractivity contribution in [3.05, 3.63) is 46.2 Å². The average Bonchev–Trinajstić information content (AvgIpc) is 2.91. The van der Waals surface area contributed by atoms with Gasteiger partial charge in [0.1, 0.15) is 0 Å². The summed E-state index contributed by atoms with van der Waals surface area (Å²) < 4.78 is 8.05. The second-order valence-corrected chi connectivity index (χ2v) is 5.99. The molecular formula is C16H22BrN3O. The molecule has 0 unspecified atom stereocenters. The van der Waals surface area contributed by atoms with Gasteiger partial charge in [-0.1, -0.05) is 15.9 Å².